The number of hydrogen-bond donors (Lipinski definition) is 2. The van der Waals surface area contributed by atoms with Crippen LogP contribution in [0.15, 0.2) is 0 Å². The highest BCUT2D eigenvalue weighted by atomic mass is 16.3. The van der Waals surface area contributed by atoms with Crippen molar-refractivity contribution in [3.63, 3.8) is 0 Å². The van der Waals surface area contributed by atoms with Crippen LogP contribution in [-0.2, 0) is 0 Å². The molecule has 1 saturated heterocycles. The van der Waals surface area contributed by atoms with Crippen molar-refractivity contribution in [1.82, 2.24) is 4.90 Å². The minimum absolute atomic E-state index is 0.333. The van der Waals surface area contributed by atoms with Crippen LogP contribution in [0.2, 0.25) is 0 Å². The van der Waals surface area contributed by atoms with E-state index in [4.69, 9.17) is 5.73 Å². The molecule has 0 bridgehead atoms. The molecule has 0 aromatic rings. The van der Waals surface area contributed by atoms with Crippen molar-refractivity contribution < 1.29 is 5.11 Å². The van der Waals surface area contributed by atoms with Crippen molar-refractivity contribution in [1.29, 1.82) is 0 Å². The maximum Gasteiger partial charge on any atom is 0.0445 e. The highest BCUT2D eigenvalue weighted by molar-refractivity contribution is 4.91. The van der Waals surface area contributed by atoms with E-state index in [-0.39, 0.29) is 0 Å². The first-order valence-corrected chi connectivity index (χ1v) is 8.86. The molecule has 3 nitrogen and oxygen atoms in total. The van der Waals surface area contributed by atoms with Crippen LogP contribution in [0, 0.1) is 11.8 Å². The van der Waals surface area contributed by atoms with Crippen molar-refractivity contribution in [2.24, 2.45) is 17.6 Å². The Bertz CT molecular complexity index is 270. The van der Waals surface area contributed by atoms with Crippen molar-refractivity contribution in [2.45, 2.75) is 76.8 Å². The second-order valence-electron chi connectivity index (χ2n) is 6.93. The van der Waals surface area contributed by atoms with E-state index in [1.54, 1.807) is 0 Å². The molecule has 20 heavy (non-hydrogen) atoms. The average molecular weight is 282 g/mol. The van der Waals surface area contributed by atoms with Gasteiger partial charge in [0.15, 0.2) is 0 Å². The highest BCUT2D eigenvalue weighted by Crippen LogP contribution is 2.37. The SMILES string of the molecule is CCCC1CCC(CN)C(N2CCCCC2CCO)C1. The molecule has 2 rings (SSSR count). The predicted molar refractivity (Wildman–Crippen MR) is 84.6 cm³/mol. The Hall–Kier alpha value is -0.120. The van der Waals surface area contributed by atoms with E-state index < -0.39 is 0 Å². The summed E-state index contributed by atoms with van der Waals surface area (Å²) in [6.45, 7) is 4.70. The lowest BCUT2D eigenvalue weighted by atomic mass is 9.75. The minimum Gasteiger partial charge on any atom is -0.396 e. The number of nitrogens with zero attached hydrogens (tertiary/aromatic N) is 1. The summed E-state index contributed by atoms with van der Waals surface area (Å²) in [5, 5.41) is 9.34. The summed E-state index contributed by atoms with van der Waals surface area (Å²) >= 11 is 0. The normalized spacial score (nSPS) is 36.1. The van der Waals surface area contributed by atoms with Gasteiger partial charge in [-0.15, -0.1) is 0 Å². The summed E-state index contributed by atoms with van der Waals surface area (Å²) < 4.78 is 0. The molecular formula is C17H34N2O. The number of piperidine rings is 1. The summed E-state index contributed by atoms with van der Waals surface area (Å²) in [5.41, 5.74) is 6.06. The van der Waals surface area contributed by atoms with Gasteiger partial charge in [0.1, 0.15) is 0 Å². The first-order chi connectivity index (χ1) is 9.80. The van der Waals surface area contributed by atoms with Crippen molar-refractivity contribution in [3.8, 4) is 0 Å². The van der Waals surface area contributed by atoms with Crippen LogP contribution in [0.1, 0.15) is 64.7 Å². The molecule has 3 heteroatoms. The lowest BCUT2D eigenvalue weighted by Gasteiger charge is -2.48. The van der Waals surface area contributed by atoms with Gasteiger partial charge >= 0.3 is 0 Å². The molecule has 1 aliphatic heterocycles. The molecule has 0 aromatic heterocycles. The summed E-state index contributed by atoms with van der Waals surface area (Å²) in [5.74, 6) is 1.59. The summed E-state index contributed by atoms with van der Waals surface area (Å²) in [6.07, 6.45) is 11.6. The lowest BCUT2D eigenvalue weighted by molar-refractivity contribution is 0.0151. The maximum atomic E-state index is 9.34. The molecule has 2 fully saturated rings. The van der Waals surface area contributed by atoms with E-state index in [0.717, 1.165) is 18.9 Å². The second-order valence-corrected chi connectivity index (χ2v) is 6.93. The molecule has 1 heterocycles. The molecule has 0 aromatic carbocycles. The summed E-state index contributed by atoms with van der Waals surface area (Å²) in [7, 11) is 0. The van der Waals surface area contributed by atoms with Gasteiger partial charge < -0.3 is 10.8 Å². The second kappa shape index (κ2) is 8.35. The van der Waals surface area contributed by atoms with Gasteiger partial charge in [-0.1, -0.05) is 32.6 Å². The van der Waals surface area contributed by atoms with Crippen LogP contribution in [0.4, 0.5) is 0 Å². The Labute approximate surface area is 124 Å². The fourth-order valence-corrected chi connectivity index (χ4v) is 4.56. The third kappa shape index (κ3) is 3.96. The fourth-order valence-electron chi connectivity index (χ4n) is 4.56. The van der Waals surface area contributed by atoms with Crippen LogP contribution in [-0.4, -0.2) is 41.8 Å². The van der Waals surface area contributed by atoms with Gasteiger partial charge in [0.2, 0.25) is 0 Å². The molecule has 0 spiro atoms. The number of hydrogen-bond acceptors (Lipinski definition) is 3. The van der Waals surface area contributed by atoms with E-state index in [2.05, 4.69) is 11.8 Å². The standard InChI is InChI=1S/C17H34N2O/c1-2-5-14-7-8-15(13-18)17(12-14)19-10-4-3-6-16(19)9-11-20/h14-17,20H,2-13,18H2,1H3. The molecule has 0 amide bonds. The van der Waals surface area contributed by atoms with Gasteiger partial charge in [0, 0.05) is 18.7 Å². The lowest BCUT2D eigenvalue weighted by Crippen LogP contribution is -2.53. The van der Waals surface area contributed by atoms with Crippen LogP contribution in [0.5, 0.6) is 0 Å². The number of aliphatic hydroxyl groups excluding tert-OH is 1. The predicted octanol–water partition coefficient (Wildman–Crippen LogP) is 2.77. The van der Waals surface area contributed by atoms with Gasteiger partial charge in [0.05, 0.1) is 0 Å². The van der Waals surface area contributed by atoms with E-state index >= 15 is 0 Å². The van der Waals surface area contributed by atoms with Gasteiger partial charge in [-0.05, 0) is 57.0 Å². The maximum absolute atomic E-state index is 9.34. The molecule has 2 aliphatic rings. The van der Waals surface area contributed by atoms with Crippen LogP contribution in [0.3, 0.4) is 0 Å². The first kappa shape index (κ1) is 16.3. The quantitative estimate of drug-likeness (QED) is 0.787. The molecule has 4 unspecified atom stereocenters. The third-order valence-electron chi connectivity index (χ3n) is 5.63. The Balaban J connectivity index is 2.03. The van der Waals surface area contributed by atoms with Crippen molar-refractivity contribution >= 4 is 0 Å². The van der Waals surface area contributed by atoms with E-state index in [1.165, 1.54) is 57.9 Å². The first-order valence-electron chi connectivity index (χ1n) is 8.86. The number of rotatable bonds is 6. The van der Waals surface area contributed by atoms with Gasteiger partial charge in [-0.2, -0.15) is 0 Å². The smallest absolute Gasteiger partial charge is 0.0445 e. The molecule has 0 radical (unpaired) electrons. The van der Waals surface area contributed by atoms with E-state index in [1.807, 2.05) is 0 Å². The molecule has 3 N–H and O–H groups in total. The third-order valence-corrected chi connectivity index (χ3v) is 5.63. The number of likely N-dealkylation sites (tertiary alicyclic amines) is 1. The molecule has 118 valence electrons. The summed E-state index contributed by atoms with van der Waals surface area (Å²) in [6, 6.07) is 1.29. The van der Waals surface area contributed by atoms with Gasteiger partial charge in [0.25, 0.3) is 0 Å². The van der Waals surface area contributed by atoms with Crippen LogP contribution < -0.4 is 5.73 Å². The van der Waals surface area contributed by atoms with E-state index in [0.29, 0.717) is 24.6 Å². The van der Waals surface area contributed by atoms with Gasteiger partial charge in [-0.3, -0.25) is 4.90 Å². The minimum atomic E-state index is 0.333. The molecule has 1 aliphatic carbocycles. The molecule has 1 saturated carbocycles. The zero-order chi connectivity index (χ0) is 14.4. The fraction of sp³-hybridized carbons (Fsp3) is 1.00. The number of aliphatic hydroxyl groups is 1. The largest absolute Gasteiger partial charge is 0.396 e. The highest BCUT2D eigenvalue weighted by Gasteiger charge is 2.37. The zero-order valence-corrected chi connectivity index (χ0v) is 13.3. The van der Waals surface area contributed by atoms with Crippen LogP contribution >= 0.6 is 0 Å². The molecule has 4 atom stereocenters. The topological polar surface area (TPSA) is 49.5 Å². The van der Waals surface area contributed by atoms with Crippen molar-refractivity contribution in [3.05, 3.63) is 0 Å². The Morgan fingerprint density at radius 1 is 1.15 bits per heavy atom. The van der Waals surface area contributed by atoms with E-state index in [9.17, 15) is 5.11 Å². The molecular weight excluding hydrogens is 248 g/mol. The van der Waals surface area contributed by atoms with Gasteiger partial charge in [-0.25, -0.2) is 0 Å². The zero-order valence-electron chi connectivity index (χ0n) is 13.3. The monoisotopic (exact) mass is 282 g/mol. The Kier molecular flexibility index (Phi) is 6.79. The Morgan fingerprint density at radius 3 is 2.70 bits per heavy atom. The van der Waals surface area contributed by atoms with Crippen LogP contribution in [0.25, 0.3) is 0 Å². The van der Waals surface area contributed by atoms with Crippen molar-refractivity contribution in [2.75, 3.05) is 19.7 Å². The number of nitrogens with two attached hydrogens (primary N) is 1. The average Bonchev–Trinajstić information content (AvgIpc) is 2.48. The Morgan fingerprint density at radius 2 is 2.00 bits per heavy atom. The summed E-state index contributed by atoms with van der Waals surface area (Å²) in [4.78, 5) is 2.74.